The SMILES string of the molecule is N#Cc1c(NC(=O)COC(=O)COc2ccccc2F)oc(-c2ccccc2)c1-c1ccccc1. The molecule has 7 nitrogen and oxygen atoms in total. The summed E-state index contributed by atoms with van der Waals surface area (Å²) >= 11 is 0. The first kappa shape index (κ1) is 23.3. The molecule has 0 bridgehead atoms. The van der Waals surface area contributed by atoms with Gasteiger partial charge in [0.05, 0.1) is 0 Å². The third kappa shape index (κ3) is 5.54. The molecule has 1 N–H and O–H groups in total. The van der Waals surface area contributed by atoms with Crippen molar-refractivity contribution < 1.29 is 27.9 Å². The molecule has 0 fully saturated rings. The first-order valence-corrected chi connectivity index (χ1v) is 10.6. The van der Waals surface area contributed by atoms with Crippen LogP contribution in [0.2, 0.25) is 0 Å². The molecular formula is C27H19FN2O5. The summed E-state index contributed by atoms with van der Waals surface area (Å²) in [4.78, 5) is 24.4. The van der Waals surface area contributed by atoms with Crippen molar-refractivity contribution in [3.63, 3.8) is 0 Å². The van der Waals surface area contributed by atoms with Crippen molar-refractivity contribution >= 4 is 17.8 Å². The number of benzene rings is 3. The summed E-state index contributed by atoms with van der Waals surface area (Å²) in [6.07, 6.45) is 0. The van der Waals surface area contributed by atoms with Crippen molar-refractivity contribution in [1.82, 2.24) is 0 Å². The number of esters is 1. The van der Waals surface area contributed by atoms with Gasteiger partial charge in [-0.2, -0.15) is 5.26 Å². The van der Waals surface area contributed by atoms with Gasteiger partial charge in [-0.25, -0.2) is 9.18 Å². The van der Waals surface area contributed by atoms with Crippen LogP contribution in [-0.4, -0.2) is 25.1 Å². The Hall–Kier alpha value is -4.90. The number of carbonyl (C=O) groups is 2. The molecule has 4 rings (SSSR count). The highest BCUT2D eigenvalue weighted by Crippen LogP contribution is 2.41. The number of furan rings is 1. The van der Waals surface area contributed by atoms with E-state index in [2.05, 4.69) is 11.4 Å². The Kier molecular flexibility index (Phi) is 7.19. The number of nitrogens with zero attached hydrogens (tertiary/aromatic N) is 1. The summed E-state index contributed by atoms with van der Waals surface area (Å²) in [5.74, 6) is -1.95. The number of hydrogen-bond acceptors (Lipinski definition) is 6. The van der Waals surface area contributed by atoms with E-state index in [4.69, 9.17) is 13.9 Å². The number of halogens is 1. The minimum atomic E-state index is -0.863. The average molecular weight is 470 g/mol. The second-order valence-electron chi connectivity index (χ2n) is 7.28. The summed E-state index contributed by atoms with van der Waals surface area (Å²) in [5.41, 5.74) is 2.13. The number of para-hydroxylation sites is 1. The zero-order chi connectivity index (χ0) is 24.6. The molecule has 0 saturated carbocycles. The Bertz CT molecular complexity index is 1380. The van der Waals surface area contributed by atoms with Crippen LogP contribution in [0.4, 0.5) is 10.3 Å². The molecule has 1 amide bonds. The number of carbonyl (C=O) groups excluding carboxylic acids is 2. The predicted octanol–water partition coefficient (Wildman–Crippen LogP) is 5.19. The van der Waals surface area contributed by atoms with E-state index in [-0.39, 0.29) is 17.2 Å². The van der Waals surface area contributed by atoms with Crippen LogP contribution in [0.3, 0.4) is 0 Å². The van der Waals surface area contributed by atoms with Crippen molar-refractivity contribution in [2.75, 3.05) is 18.5 Å². The van der Waals surface area contributed by atoms with Gasteiger partial charge < -0.3 is 13.9 Å². The van der Waals surface area contributed by atoms with Crippen LogP contribution in [0.15, 0.2) is 89.3 Å². The van der Waals surface area contributed by atoms with Gasteiger partial charge in [0.15, 0.2) is 24.8 Å². The van der Waals surface area contributed by atoms with Crippen LogP contribution in [0.25, 0.3) is 22.5 Å². The smallest absolute Gasteiger partial charge is 0.344 e. The highest BCUT2D eigenvalue weighted by Gasteiger charge is 2.24. The van der Waals surface area contributed by atoms with Crippen LogP contribution < -0.4 is 10.1 Å². The van der Waals surface area contributed by atoms with E-state index in [0.29, 0.717) is 11.3 Å². The van der Waals surface area contributed by atoms with Crippen LogP contribution in [0.1, 0.15) is 5.56 Å². The van der Waals surface area contributed by atoms with Crippen LogP contribution in [-0.2, 0) is 14.3 Å². The van der Waals surface area contributed by atoms with Gasteiger partial charge in [-0.05, 0) is 17.7 Å². The summed E-state index contributed by atoms with van der Waals surface area (Å²) in [7, 11) is 0. The van der Waals surface area contributed by atoms with E-state index in [1.807, 2.05) is 60.7 Å². The highest BCUT2D eigenvalue weighted by molar-refractivity contribution is 5.96. The Labute approximate surface area is 200 Å². The number of hydrogen-bond donors (Lipinski definition) is 1. The number of anilines is 1. The maximum absolute atomic E-state index is 13.6. The Balaban J connectivity index is 1.48. The monoisotopic (exact) mass is 470 g/mol. The molecule has 8 heteroatoms. The fraction of sp³-hybridized carbons (Fsp3) is 0.0741. The van der Waals surface area contributed by atoms with Gasteiger partial charge in [-0.15, -0.1) is 0 Å². The second kappa shape index (κ2) is 10.8. The summed E-state index contributed by atoms with van der Waals surface area (Å²) < 4.78 is 29.4. The zero-order valence-corrected chi connectivity index (χ0v) is 18.4. The molecule has 0 saturated heterocycles. The van der Waals surface area contributed by atoms with Crippen LogP contribution >= 0.6 is 0 Å². The first-order chi connectivity index (χ1) is 17.1. The normalized spacial score (nSPS) is 10.3. The standard InChI is InChI=1S/C27H19FN2O5/c28-21-13-7-8-14-22(21)33-17-24(32)34-16-23(31)30-27-20(15-29)25(18-9-3-1-4-10-18)26(35-27)19-11-5-2-6-12-19/h1-14H,16-17H2,(H,30,31). The van der Waals surface area contributed by atoms with E-state index < -0.39 is 30.9 Å². The van der Waals surface area contributed by atoms with Crippen molar-refractivity contribution in [1.29, 1.82) is 5.26 Å². The largest absolute Gasteiger partial charge is 0.479 e. The molecule has 0 aliphatic rings. The number of ether oxygens (including phenoxy) is 2. The Morgan fingerprint density at radius 2 is 1.51 bits per heavy atom. The molecule has 35 heavy (non-hydrogen) atoms. The lowest BCUT2D eigenvalue weighted by molar-refractivity contribution is -0.149. The second-order valence-corrected chi connectivity index (χ2v) is 7.28. The Morgan fingerprint density at radius 3 is 2.17 bits per heavy atom. The van der Waals surface area contributed by atoms with E-state index in [9.17, 15) is 19.2 Å². The fourth-order valence-corrected chi connectivity index (χ4v) is 3.35. The molecule has 3 aromatic carbocycles. The minimum Gasteiger partial charge on any atom is -0.479 e. The van der Waals surface area contributed by atoms with Crippen molar-refractivity contribution in [2.45, 2.75) is 0 Å². The lowest BCUT2D eigenvalue weighted by Crippen LogP contribution is -2.23. The number of nitrogens with one attached hydrogen (secondary N) is 1. The lowest BCUT2D eigenvalue weighted by atomic mass is 9.98. The molecule has 4 aromatic rings. The molecule has 0 atom stereocenters. The van der Waals surface area contributed by atoms with Crippen molar-refractivity contribution in [3.05, 3.63) is 96.3 Å². The summed E-state index contributed by atoms with van der Waals surface area (Å²) in [6, 6.07) is 26.1. The predicted molar refractivity (Wildman–Crippen MR) is 126 cm³/mol. The van der Waals surface area contributed by atoms with Crippen molar-refractivity contribution in [3.8, 4) is 34.3 Å². The Morgan fingerprint density at radius 1 is 0.886 bits per heavy atom. The molecule has 1 heterocycles. The lowest BCUT2D eigenvalue weighted by Gasteiger charge is -2.07. The molecule has 1 aromatic heterocycles. The third-order valence-electron chi connectivity index (χ3n) is 4.92. The van der Waals surface area contributed by atoms with E-state index in [1.54, 1.807) is 6.07 Å². The van der Waals surface area contributed by atoms with Gasteiger partial charge in [0, 0.05) is 11.1 Å². The van der Waals surface area contributed by atoms with Gasteiger partial charge in [-0.1, -0.05) is 72.8 Å². The van der Waals surface area contributed by atoms with Crippen LogP contribution in [0.5, 0.6) is 5.75 Å². The number of nitriles is 1. The topological polar surface area (TPSA) is 102 Å². The van der Waals surface area contributed by atoms with Gasteiger partial charge in [0.25, 0.3) is 5.91 Å². The zero-order valence-electron chi connectivity index (χ0n) is 18.4. The molecule has 0 radical (unpaired) electrons. The average Bonchev–Trinajstić information content (AvgIpc) is 3.26. The molecule has 174 valence electrons. The number of amides is 1. The molecule has 0 spiro atoms. The van der Waals surface area contributed by atoms with Gasteiger partial charge in [0.2, 0.25) is 5.88 Å². The molecule has 0 aliphatic carbocycles. The number of rotatable bonds is 8. The highest BCUT2D eigenvalue weighted by atomic mass is 19.1. The quantitative estimate of drug-likeness (QED) is 0.356. The molecule has 0 aliphatic heterocycles. The minimum absolute atomic E-state index is 0.0612. The van der Waals surface area contributed by atoms with Crippen LogP contribution in [0, 0.1) is 17.1 Å². The van der Waals surface area contributed by atoms with Gasteiger partial charge in [-0.3, -0.25) is 10.1 Å². The van der Waals surface area contributed by atoms with E-state index >= 15 is 0 Å². The maximum atomic E-state index is 13.6. The summed E-state index contributed by atoms with van der Waals surface area (Å²) in [6.45, 7) is -1.22. The van der Waals surface area contributed by atoms with E-state index in [0.717, 1.165) is 11.1 Å². The third-order valence-corrected chi connectivity index (χ3v) is 4.92. The van der Waals surface area contributed by atoms with Gasteiger partial charge >= 0.3 is 5.97 Å². The fourth-order valence-electron chi connectivity index (χ4n) is 3.35. The van der Waals surface area contributed by atoms with Gasteiger partial charge in [0.1, 0.15) is 17.4 Å². The van der Waals surface area contributed by atoms with Crippen molar-refractivity contribution in [2.24, 2.45) is 0 Å². The maximum Gasteiger partial charge on any atom is 0.344 e. The summed E-state index contributed by atoms with van der Waals surface area (Å²) in [5, 5.41) is 12.4. The molecule has 0 unspecified atom stereocenters. The van der Waals surface area contributed by atoms with E-state index in [1.165, 1.54) is 18.2 Å². The first-order valence-electron chi connectivity index (χ1n) is 10.6. The molecular weight excluding hydrogens is 451 g/mol.